The van der Waals surface area contributed by atoms with Gasteiger partial charge in [-0.3, -0.25) is 4.79 Å². The standard InChI is InChI=1S/C17H20N4O3/c1-17(2,3)21-16-18-9-11(10-19-16)15(22)20-12-4-5-13-14(8-12)24-7-6-23-13/h4-5,8-10H,6-7H2,1-3H3,(H,20,22)(H,18,19,21). The second-order valence-corrected chi connectivity index (χ2v) is 6.48. The average Bonchev–Trinajstić information content (AvgIpc) is 2.54. The van der Waals surface area contributed by atoms with Gasteiger partial charge < -0.3 is 20.1 Å². The first-order valence-corrected chi connectivity index (χ1v) is 7.72. The van der Waals surface area contributed by atoms with Crippen LogP contribution in [-0.4, -0.2) is 34.6 Å². The second kappa shape index (κ2) is 6.35. The summed E-state index contributed by atoms with van der Waals surface area (Å²) in [6.45, 7) is 7.07. The maximum Gasteiger partial charge on any atom is 0.258 e. The number of nitrogens with one attached hydrogen (secondary N) is 2. The van der Waals surface area contributed by atoms with Crippen LogP contribution in [0.25, 0.3) is 0 Å². The minimum Gasteiger partial charge on any atom is -0.486 e. The Morgan fingerprint density at radius 1 is 1.08 bits per heavy atom. The van der Waals surface area contributed by atoms with Crippen molar-refractivity contribution >= 4 is 17.5 Å². The summed E-state index contributed by atoms with van der Waals surface area (Å²) in [6, 6.07) is 5.28. The van der Waals surface area contributed by atoms with Crippen molar-refractivity contribution in [2.75, 3.05) is 23.8 Å². The molecular weight excluding hydrogens is 308 g/mol. The van der Waals surface area contributed by atoms with Crippen molar-refractivity contribution in [3.8, 4) is 11.5 Å². The Morgan fingerprint density at radius 2 is 1.75 bits per heavy atom. The smallest absolute Gasteiger partial charge is 0.258 e. The number of carbonyl (C=O) groups is 1. The normalized spacial score (nSPS) is 13.3. The predicted molar refractivity (Wildman–Crippen MR) is 90.8 cm³/mol. The lowest BCUT2D eigenvalue weighted by molar-refractivity contribution is 0.102. The van der Waals surface area contributed by atoms with E-state index in [1.807, 2.05) is 20.8 Å². The molecule has 7 heteroatoms. The first kappa shape index (κ1) is 16.0. The summed E-state index contributed by atoms with van der Waals surface area (Å²) in [5.41, 5.74) is 0.861. The first-order chi connectivity index (χ1) is 11.4. The summed E-state index contributed by atoms with van der Waals surface area (Å²) in [6.07, 6.45) is 2.99. The number of carbonyl (C=O) groups excluding carboxylic acids is 1. The lowest BCUT2D eigenvalue weighted by atomic mass is 10.1. The molecular formula is C17H20N4O3. The topological polar surface area (TPSA) is 85.4 Å². The second-order valence-electron chi connectivity index (χ2n) is 6.48. The zero-order valence-corrected chi connectivity index (χ0v) is 13.9. The summed E-state index contributed by atoms with van der Waals surface area (Å²) in [5, 5.41) is 5.95. The van der Waals surface area contributed by atoms with E-state index in [9.17, 15) is 4.79 Å². The number of hydrogen-bond donors (Lipinski definition) is 2. The maximum absolute atomic E-state index is 12.3. The highest BCUT2D eigenvalue weighted by atomic mass is 16.6. The number of ether oxygens (including phenoxy) is 2. The Morgan fingerprint density at radius 3 is 2.42 bits per heavy atom. The van der Waals surface area contributed by atoms with Crippen molar-refractivity contribution in [3.63, 3.8) is 0 Å². The van der Waals surface area contributed by atoms with Gasteiger partial charge in [-0.15, -0.1) is 0 Å². The van der Waals surface area contributed by atoms with Crippen LogP contribution < -0.4 is 20.1 Å². The van der Waals surface area contributed by atoms with Crippen LogP contribution in [-0.2, 0) is 0 Å². The van der Waals surface area contributed by atoms with Gasteiger partial charge in [-0.05, 0) is 32.9 Å². The number of rotatable bonds is 3. The highest BCUT2D eigenvalue weighted by molar-refractivity contribution is 6.04. The van der Waals surface area contributed by atoms with Gasteiger partial charge in [-0.25, -0.2) is 9.97 Å². The molecule has 3 rings (SSSR count). The Bertz CT molecular complexity index is 738. The van der Waals surface area contributed by atoms with E-state index in [4.69, 9.17) is 9.47 Å². The van der Waals surface area contributed by atoms with Crippen LogP contribution in [0.5, 0.6) is 11.5 Å². The van der Waals surface area contributed by atoms with Gasteiger partial charge in [0.25, 0.3) is 5.91 Å². The van der Waals surface area contributed by atoms with Gasteiger partial charge in [0, 0.05) is 29.7 Å². The van der Waals surface area contributed by atoms with E-state index in [2.05, 4.69) is 20.6 Å². The fraction of sp³-hybridized carbons (Fsp3) is 0.353. The van der Waals surface area contributed by atoms with Gasteiger partial charge in [0.15, 0.2) is 11.5 Å². The van der Waals surface area contributed by atoms with Gasteiger partial charge in [0.2, 0.25) is 5.95 Å². The lowest BCUT2D eigenvalue weighted by Gasteiger charge is -2.20. The molecule has 1 aromatic heterocycles. The largest absolute Gasteiger partial charge is 0.486 e. The predicted octanol–water partition coefficient (Wildman–Crippen LogP) is 2.71. The van der Waals surface area contributed by atoms with Gasteiger partial charge in [-0.2, -0.15) is 0 Å². The highest BCUT2D eigenvalue weighted by Crippen LogP contribution is 2.32. The van der Waals surface area contributed by atoms with Gasteiger partial charge in [0.05, 0.1) is 5.56 Å². The van der Waals surface area contributed by atoms with E-state index in [0.29, 0.717) is 41.9 Å². The number of aromatic nitrogens is 2. The zero-order chi connectivity index (χ0) is 17.2. The molecule has 7 nitrogen and oxygen atoms in total. The molecule has 1 aliphatic rings. The van der Waals surface area contributed by atoms with Gasteiger partial charge >= 0.3 is 0 Å². The zero-order valence-electron chi connectivity index (χ0n) is 13.9. The molecule has 1 aromatic carbocycles. The summed E-state index contributed by atoms with van der Waals surface area (Å²) in [5.74, 6) is 1.51. The molecule has 0 saturated carbocycles. The Labute approximate surface area is 140 Å². The highest BCUT2D eigenvalue weighted by Gasteiger charge is 2.15. The molecule has 0 spiro atoms. The number of benzene rings is 1. The van der Waals surface area contributed by atoms with Crippen LogP contribution in [0.3, 0.4) is 0 Å². The third-order valence-corrected chi connectivity index (χ3v) is 3.20. The fourth-order valence-electron chi connectivity index (χ4n) is 2.17. The van der Waals surface area contributed by atoms with E-state index < -0.39 is 0 Å². The van der Waals surface area contributed by atoms with Crippen LogP contribution in [0.1, 0.15) is 31.1 Å². The van der Waals surface area contributed by atoms with Gasteiger partial charge in [0.1, 0.15) is 13.2 Å². The molecule has 0 unspecified atom stereocenters. The van der Waals surface area contributed by atoms with Crippen LogP contribution in [0, 0.1) is 0 Å². The van der Waals surface area contributed by atoms with Crippen LogP contribution in [0.15, 0.2) is 30.6 Å². The number of hydrogen-bond acceptors (Lipinski definition) is 6. The van der Waals surface area contributed by atoms with Crippen molar-refractivity contribution < 1.29 is 14.3 Å². The van der Waals surface area contributed by atoms with Crippen molar-refractivity contribution in [2.24, 2.45) is 0 Å². The Kier molecular flexibility index (Phi) is 4.24. The number of nitrogens with zero attached hydrogens (tertiary/aromatic N) is 2. The molecule has 0 saturated heterocycles. The number of anilines is 2. The Hall–Kier alpha value is -2.83. The third kappa shape index (κ3) is 3.92. The van der Waals surface area contributed by atoms with Crippen LogP contribution in [0.2, 0.25) is 0 Å². The van der Waals surface area contributed by atoms with Crippen molar-refractivity contribution in [1.82, 2.24) is 9.97 Å². The van der Waals surface area contributed by atoms with E-state index in [-0.39, 0.29) is 11.4 Å². The minimum absolute atomic E-state index is 0.144. The Balaban J connectivity index is 1.68. The van der Waals surface area contributed by atoms with Crippen molar-refractivity contribution in [3.05, 3.63) is 36.2 Å². The summed E-state index contributed by atoms with van der Waals surface area (Å²) >= 11 is 0. The van der Waals surface area contributed by atoms with E-state index in [1.54, 1.807) is 18.2 Å². The van der Waals surface area contributed by atoms with Crippen molar-refractivity contribution in [1.29, 1.82) is 0 Å². The average molecular weight is 328 g/mol. The molecule has 1 amide bonds. The van der Waals surface area contributed by atoms with Crippen LogP contribution in [0.4, 0.5) is 11.6 Å². The molecule has 1 aliphatic heterocycles. The molecule has 0 atom stereocenters. The quantitative estimate of drug-likeness (QED) is 0.901. The first-order valence-electron chi connectivity index (χ1n) is 7.72. The van der Waals surface area contributed by atoms with E-state index in [1.165, 1.54) is 12.4 Å². The molecule has 0 bridgehead atoms. The van der Waals surface area contributed by atoms with Crippen LogP contribution >= 0.6 is 0 Å². The molecule has 126 valence electrons. The number of fused-ring (bicyclic) bond motifs is 1. The molecule has 2 heterocycles. The molecule has 2 aromatic rings. The fourth-order valence-corrected chi connectivity index (χ4v) is 2.17. The van der Waals surface area contributed by atoms with Crippen molar-refractivity contribution in [2.45, 2.75) is 26.3 Å². The summed E-state index contributed by atoms with van der Waals surface area (Å²) in [4.78, 5) is 20.6. The molecule has 24 heavy (non-hydrogen) atoms. The van der Waals surface area contributed by atoms with Gasteiger partial charge in [-0.1, -0.05) is 0 Å². The van der Waals surface area contributed by atoms with E-state index >= 15 is 0 Å². The molecule has 2 N–H and O–H groups in total. The molecule has 0 fully saturated rings. The molecule has 0 aliphatic carbocycles. The number of amides is 1. The molecule has 0 radical (unpaired) electrons. The van der Waals surface area contributed by atoms with E-state index in [0.717, 1.165) is 0 Å². The summed E-state index contributed by atoms with van der Waals surface area (Å²) in [7, 11) is 0. The maximum atomic E-state index is 12.3. The third-order valence-electron chi connectivity index (χ3n) is 3.20. The lowest BCUT2D eigenvalue weighted by Crippen LogP contribution is -2.27. The SMILES string of the molecule is CC(C)(C)Nc1ncc(C(=O)Nc2ccc3c(c2)OCCO3)cn1. The minimum atomic E-state index is -0.283. The summed E-state index contributed by atoms with van der Waals surface area (Å²) < 4.78 is 11.0. The monoisotopic (exact) mass is 328 g/mol.